The molecule has 0 N–H and O–H groups in total. The predicted molar refractivity (Wildman–Crippen MR) is 85.0 cm³/mol. The molecule has 0 aromatic carbocycles. The van der Waals surface area contributed by atoms with E-state index in [-0.39, 0.29) is 35.3 Å². The highest BCUT2D eigenvalue weighted by Crippen LogP contribution is 2.28. The minimum Gasteiger partial charge on any atom is -0.351 e. The summed E-state index contributed by atoms with van der Waals surface area (Å²) in [6.45, 7) is 6.11. The molecule has 0 unspecified atom stereocenters. The van der Waals surface area contributed by atoms with Crippen molar-refractivity contribution >= 4 is 15.7 Å². The number of aromatic nitrogens is 1. The van der Waals surface area contributed by atoms with Gasteiger partial charge in [0.1, 0.15) is 0 Å². The molecule has 2 atom stereocenters. The molecule has 1 amide bonds. The predicted octanol–water partition coefficient (Wildman–Crippen LogP) is 0.570. The molecule has 128 valence electrons. The molecule has 0 saturated carbocycles. The third kappa shape index (κ3) is 3.14. The van der Waals surface area contributed by atoms with Crippen molar-refractivity contribution in [3.05, 3.63) is 17.5 Å². The summed E-state index contributed by atoms with van der Waals surface area (Å²) in [5.74, 6) is 0.130. The van der Waals surface area contributed by atoms with Gasteiger partial charge in [0.2, 0.25) is 5.76 Å². The van der Waals surface area contributed by atoms with Gasteiger partial charge >= 0.3 is 0 Å². The first-order valence-electron chi connectivity index (χ1n) is 8.16. The molecule has 8 heteroatoms. The number of piperazine rings is 1. The lowest BCUT2D eigenvalue weighted by Gasteiger charge is -2.43. The van der Waals surface area contributed by atoms with E-state index in [9.17, 15) is 13.2 Å². The molecule has 23 heavy (non-hydrogen) atoms. The fourth-order valence-electron chi connectivity index (χ4n) is 3.56. The third-order valence-corrected chi connectivity index (χ3v) is 6.39. The zero-order valence-corrected chi connectivity index (χ0v) is 14.4. The standard InChI is InChI=1S/C15H23N3O4S/c1-3-5-17-6-7-18(13-10-23(20,21)9-12(13)17)15(19)14-8-11(4-2)16-22-14/h8,12-13H,3-7,9-10H2,1-2H3/t12-,13+/m1/s1. The molecular formula is C15H23N3O4S. The first kappa shape index (κ1) is 16.4. The van der Waals surface area contributed by atoms with E-state index < -0.39 is 9.84 Å². The molecule has 2 fully saturated rings. The number of rotatable bonds is 4. The molecule has 0 bridgehead atoms. The number of nitrogens with zero attached hydrogens (tertiary/aromatic N) is 3. The van der Waals surface area contributed by atoms with Crippen LogP contribution in [0.15, 0.2) is 10.6 Å². The molecule has 7 nitrogen and oxygen atoms in total. The van der Waals surface area contributed by atoms with E-state index in [1.54, 1.807) is 11.0 Å². The summed E-state index contributed by atoms with van der Waals surface area (Å²) in [6, 6.07) is 1.26. The second-order valence-electron chi connectivity index (χ2n) is 6.28. The molecule has 1 aromatic heterocycles. The maximum atomic E-state index is 12.7. The van der Waals surface area contributed by atoms with Crippen LogP contribution in [0.4, 0.5) is 0 Å². The van der Waals surface area contributed by atoms with Crippen LogP contribution in [0, 0.1) is 0 Å². The van der Waals surface area contributed by atoms with Crippen molar-refractivity contribution in [2.75, 3.05) is 31.1 Å². The minimum atomic E-state index is -3.11. The Hall–Kier alpha value is -1.41. The van der Waals surface area contributed by atoms with Crippen molar-refractivity contribution in [2.45, 2.75) is 38.8 Å². The lowest BCUT2D eigenvalue weighted by molar-refractivity contribution is 0.0302. The summed E-state index contributed by atoms with van der Waals surface area (Å²) >= 11 is 0. The van der Waals surface area contributed by atoms with Crippen LogP contribution in [0.25, 0.3) is 0 Å². The highest BCUT2D eigenvalue weighted by atomic mass is 32.2. The molecule has 2 saturated heterocycles. The molecule has 0 radical (unpaired) electrons. The first-order valence-corrected chi connectivity index (χ1v) is 9.98. The van der Waals surface area contributed by atoms with Gasteiger partial charge in [-0.25, -0.2) is 8.42 Å². The zero-order valence-electron chi connectivity index (χ0n) is 13.6. The number of hydrogen-bond acceptors (Lipinski definition) is 6. The largest absolute Gasteiger partial charge is 0.351 e. The van der Waals surface area contributed by atoms with Crippen molar-refractivity contribution < 1.29 is 17.7 Å². The maximum absolute atomic E-state index is 12.7. The van der Waals surface area contributed by atoms with Crippen LogP contribution in [-0.4, -0.2) is 72.5 Å². The molecule has 0 spiro atoms. The summed E-state index contributed by atoms with van der Waals surface area (Å²) in [7, 11) is -3.11. The number of carbonyl (C=O) groups excluding carboxylic acids is 1. The van der Waals surface area contributed by atoms with Crippen molar-refractivity contribution in [1.29, 1.82) is 0 Å². The second kappa shape index (κ2) is 6.24. The van der Waals surface area contributed by atoms with E-state index in [1.165, 1.54) is 0 Å². The summed E-state index contributed by atoms with van der Waals surface area (Å²) in [4.78, 5) is 16.6. The first-order chi connectivity index (χ1) is 10.9. The zero-order chi connectivity index (χ0) is 16.6. The van der Waals surface area contributed by atoms with Crippen LogP contribution in [0.5, 0.6) is 0 Å². The topological polar surface area (TPSA) is 83.7 Å². The van der Waals surface area contributed by atoms with E-state index in [0.717, 1.165) is 18.7 Å². The van der Waals surface area contributed by atoms with Crippen LogP contribution in [0.3, 0.4) is 0 Å². The highest BCUT2D eigenvalue weighted by Gasteiger charge is 2.48. The van der Waals surface area contributed by atoms with Gasteiger partial charge in [-0.2, -0.15) is 0 Å². The van der Waals surface area contributed by atoms with Crippen LogP contribution in [0.2, 0.25) is 0 Å². The Labute approximate surface area is 136 Å². The maximum Gasteiger partial charge on any atom is 0.292 e. The Morgan fingerprint density at radius 3 is 2.70 bits per heavy atom. The number of hydrogen-bond donors (Lipinski definition) is 0. The number of amides is 1. The number of carbonyl (C=O) groups is 1. The van der Waals surface area contributed by atoms with Crippen molar-refractivity contribution in [2.24, 2.45) is 0 Å². The van der Waals surface area contributed by atoms with Gasteiger partial charge in [-0.1, -0.05) is 19.0 Å². The van der Waals surface area contributed by atoms with Crippen LogP contribution in [-0.2, 0) is 16.3 Å². The summed E-state index contributed by atoms with van der Waals surface area (Å²) in [5.41, 5.74) is 0.730. The van der Waals surface area contributed by atoms with Gasteiger partial charge in [0.25, 0.3) is 5.91 Å². The summed E-state index contributed by atoms with van der Waals surface area (Å²) < 4.78 is 29.3. The van der Waals surface area contributed by atoms with Gasteiger partial charge in [-0.3, -0.25) is 9.69 Å². The summed E-state index contributed by atoms with van der Waals surface area (Å²) in [6.07, 6.45) is 1.67. The second-order valence-corrected chi connectivity index (χ2v) is 8.44. The third-order valence-electron chi connectivity index (χ3n) is 4.69. The van der Waals surface area contributed by atoms with Gasteiger partial charge in [0, 0.05) is 25.2 Å². The molecule has 2 aliphatic rings. The number of sulfone groups is 1. The van der Waals surface area contributed by atoms with E-state index in [4.69, 9.17) is 4.52 Å². The van der Waals surface area contributed by atoms with Gasteiger partial charge in [0.15, 0.2) is 9.84 Å². The summed E-state index contributed by atoms with van der Waals surface area (Å²) in [5, 5.41) is 3.86. The molecule has 3 heterocycles. The van der Waals surface area contributed by atoms with Crippen LogP contribution < -0.4 is 0 Å². The molecule has 0 aliphatic carbocycles. The van der Waals surface area contributed by atoms with Crippen LogP contribution in [0.1, 0.15) is 36.5 Å². The lowest BCUT2D eigenvalue weighted by atomic mass is 10.0. The molecular weight excluding hydrogens is 318 g/mol. The lowest BCUT2D eigenvalue weighted by Crippen LogP contribution is -2.60. The fraction of sp³-hybridized carbons (Fsp3) is 0.733. The Morgan fingerprint density at radius 2 is 2.04 bits per heavy atom. The van der Waals surface area contributed by atoms with Crippen molar-refractivity contribution in [3.8, 4) is 0 Å². The van der Waals surface area contributed by atoms with E-state index in [0.29, 0.717) is 19.5 Å². The smallest absolute Gasteiger partial charge is 0.292 e. The quantitative estimate of drug-likeness (QED) is 0.796. The van der Waals surface area contributed by atoms with E-state index in [2.05, 4.69) is 17.0 Å². The Morgan fingerprint density at radius 1 is 1.30 bits per heavy atom. The minimum absolute atomic E-state index is 0.0401. The highest BCUT2D eigenvalue weighted by molar-refractivity contribution is 7.91. The molecule has 1 aromatic rings. The Bertz CT molecular complexity index is 685. The SMILES string of the molecule is CCCN1CCN(C(=O)c2cc(CC)no2)[C@H]2CS(=O)(=O)C[C@H]21. The van der Waals surface area contributed by atoms with Gasteiger partial charge in [-0.15, -0.1) is 0 Å². The average molecular weight is 341 g/mol. The number of aryl methyl sites for hydroxylation is 1. The van der Waals surface area contributed by atoms with Crippen LogP contribution >= 0.6 is 0 Å². The normalized spacial score (nSPS) is 27.1. The molecule has 3 rings (SSSR count). The van der Waals surface area contributed by atoms with Gasteiger partial charge < -0.3 is 9.42 Å². The number of fused-ring (bicyclic) bond motifs is 1. The van der Waals surface area contributed by atoms with E-state index in [1.807, 2.05) is 6.92 Å². The fourth-order valence-corrected chi connectivity index (χ4v) is 5.57. The van der Waals surface area contributed by atoms with E-state index >= 15 is 0 Å². The Balaban J connectivity index is 1.84. The Kier molecular flexibility index (Phi) is 4.46. The van der Waals surface area contributed by atoms with Crippen molar-refractivity contribution in [3.63, 3.8) is 0 Å². The molecule has 2 aliphatic heterocycles. The van der Waals surface area contributed by atoms with Gasteiger partial charge in [-0.05, 0) is 19.4 Å². The average Bonchev–Trinajstić information content (AvgIpc) is 3.10. The monoisotopic (exact) mass is 341 g/mol. The van der Waals surface area contributed by atoms with Gasteiger partial charge in [0.05, 0.1) is 23.2 Å². The van der Waals surface area contributed by atoms with Crippen molar-refractivity contribution in [1.82, 2.24) is 15.0 Å².